The second kappa shape index (κ2) is 6.23. The highest BCUT2D eigenvalue weighted by Crippen LogP contribution is 2.24. The molecule has 1 saturated heterocycles. The number of piperidine rings is 1. The molecule has 2 rings (SSSR count). The number of Topliss-reactive ketones (excluding diaryl/α,β-unsaturated/α-hetero) is 1. The first-order valence-electron chi connectivity index (χ1n) is 7.13. The van der Waals surface area contributed by atoms with Gasteiger partial charge in [-0.25, -0.2) is 4.39 Å². The van der Waals surface area contributed by atoms with Crippen LogP contribution in [0.5, 0.6) is 0 Å². The lowest BCUT2D eigenvalue weighted by atomic mass is 9.90. The highest BCUT2D eigenvalue weighted by molar-refractivity contribution is 6.30. The first kappa shape index (κ1) is 15.5. The van der Waals surface area contributed by atoms with E-state index in [1.807, 2.05) is 13.8 Å². The molecule has 0 radical (unpaired) electrons. The molecule has 1 fully saturated rings. The van der Waals surface area contributed by atoms with Gasteiger partial charge in [-0.15, -0.1) is 0 Å². The van der Waals surface area contributed by atoms with Gasteiger partial charge in [0, 0.05) is 6.42 Å². The molecule has 0 saturated carbocycles. The summed E-state index contributed by atoms with van der Waals surface area (Å²) in [7, 11) is 0. The first-order valence-corrected chi connectivity index (χ1v) is 7.51. The summed E-state index contributed by atoms with van der Waals surface area (Å²) >= 11 is 5.76. The van der Waals surface area contributed by atoms with Gasteiger partial charge in [0.15, 0.2) is 5.78 Å². The van der Waals surface area contributed by atoms with Gasteiger partial charge in [0.05, 0.1) is 10.6 Å². The lowest BCUT2D eigenvalue weighted by Gasteiger charge is -2.39. The smallest absolute Gasteiger partial charge is 0.156 e. The molecule has 0 bridgehead atoms. The molecule has 1 aromatic rings. The molecule has 0 aliphatic carbocycles. The topological polar surface area (TPSA) is 20.3 Å². The van der Waals surface area contributed by atoms with Crippen LogP contribution in [-0.2, 0) is 11.2 Å². The van der Waals surface area contributed by atoms with E-state index in [0.717, 1.165) is 31.5 Å². The Hall–Kier alpha value is -0.930. The Labute approximate surface area is 124 Å². The van der Waals surface area contributed by atoms with Crippen LogP contribution in [0.15, 0.2) is 18.2 Å². The van der Waals surface area contributed by atoms with Crippen molar-refractivity contribution in [2.24, 2.45) is 0 Å². The van der Waals surface area contributed by atoms with Crippen LogP contribution in [0.4, 0.5) is 4.39 Å². The van der Waals surface area contributed by atoms with E-state index in [4.69, 9.17) is 11.6 Å². The molecule has 1 heterocycles. The summed E-state index contributed by atoms with van der Waals surface area (Å²) in [6.45, 7) is 5.91. The van der Waals surface area contributed by atoms with Crippen molar-refractivity contribution >= 4 is 17.4 Å². The summed E-state index contributed by atoms with van der Waals surface area (Å²) in [4.78, 5) is 14.8. The number of rotatable bonds is 4. The summed E-state index contributed by atoms with van der Waals surface area (Å²) < 4.78 is 13.1. The van der Waals surface area contributed by atoms with Gasteiger partial charge in [0.25, 0.3) is 0 Å². The monoisotopic (exact) mass is 297 g/mol. The molecule has 0 amide bonds. The van der Waals surface area contributed by atoms with Crippen LogP contribution in [0.25, 0.3) is 0 Å². The Morgan fingerprint density at radius 1 is 1.30 bits per heavy atom. The van der Waals surface area contributed by atoms with E-state index in [1.54, 1.807) is 12.1 Å². The zero-order valence-electron chi connectivity index (χ0n) is 12.1. The lowest BCUT2D eigenvalue weighted by Crippen LogP contribution is -2.52. The summed E-state index contributed by atoms with van der Waals surface area (Å²) in [5.74, 6) is -0.291. The number of carbonyl (C=O) groups is 1. The van der Waals surface area contributed by atoms with Gasteiger partial charge in [0.2, 0.25) is 0 Å². The second-order valence-electron chi connectivity index (χ2n) is 5.96. The average molecular weight is 298 g/mol. The van der Waals surface area contributed by atoms with E-state index in [-0.39, 0.29) is 10.8 Å². The van der Waals surface area contributed by atoms with Gasteiger partial charge in [-0.2, -0.15) is 0 Å². The molecule has 0 spiro atoms. The zero-order valence-corrected chi connectivity index (χ0v) is 12.8. The maximum atomic E-state index is 13.1. The van der Waals surface area contributed by atoms with Gasteiger partial charge in [0.1, 0.15) is 5.82 Å². The molecule has 2 nitrogen and oxygen atoms in total. The van der Waals surface area contributed by atoms with Gasteiger partial charge < -0.3 is 0 Å². The summed E-state index contributed by atoms with van der Waals surface area (Å²) in [6, 6.07) is 4.49. The summed E-state index contributed by atoms with van der Waals surface area (Å²) in [6.07, 6.45) is 3.84. The summed E-state index contributed by atoms with van der Waals surface area (Å²) in [5.41, 5.74) is 0.299. The minimum atomic E-state index is -0.471. The van der Waals surface area contributed by atoms with E-state index in [0.29, 0.717) is 6.42 Å². The van der Waals surface area contributed by atoms with E-state index >= 15 is 0 Å². The van der Waals surface area contributed by atoms with E-state index in [1.165, 1.54) is 12.5 Å². The van der Waals surface area contributed by atoms with Crippen LogP contribution in [0.1, 0.15) is 38.7 Å². The Kier molecular flexibility index (Phi) is 4.82. The van der Waals surface area contributed by atoms with Crippen LogP contribution in [-0.4, -0.2) is 29.3 Å². The number of hydrogen-bond donors (Lipinski definition) is 0. The molecule has 1 aromatic carbocycles. The maximum Gasteiger partial charge on any atom is 0.156 e. The fourth-order valence-electron chi connectivity index (χ4n) is 2.68. The van der Waals surface area contributed by atoms with Gasteiger partial charge in [-0.3, -0.25) is 9.69 Å². The Morgan fingerprint density at radius 3 is 2.55 bits per heavy atom. The van der Waals surface area contributed by atoms with Crippen molar-refractivity contribution in [1.29, 1.82) is 0 Å². The minimum absolute atomic E-state index is 0.0751. The van der Waals surface area contributed by atoms with Crippen molar-refractivity contribution in [2.75, 3.05) is 13.1 Å². The SMILES string of the molecule is CC(C)(C(=O)Cc1ccc(F)c(Cl)c1)N1CCCCC1. The highest BCUT2D eigenvalue weighted by atomic mass is 35.5. The quantitative estimate of drug-likeness (QED) is 0.841. The number of benzene rings is 1. The molecule has 0 unspecified atom stereocenters. The number of hydrogen-bond acceptors (Lipinski definition) is 2. The van der Waals surface area contributed by atoms with Crippen molar-refractivity contribution < 1.29 is 9.18 Å². The number of carbonyl (C=O) groups excluding carboxylic acids is 1. The number of halogens is 2. The Balaban J connectivity index is 2.07. The van der Waals surface area contributed by atoms with Gasteiger partial charge >= 0.3 is 0 Å². The Morgan fingerprint density at radius 2 is 1.95 bits per heavy atom. The van der Waals surface area contributed by atoms with Gasteiger partial charge in [-0.1, -0.05) is 24.1 Å². The molecule has 110 valence electrons. The third kappa shape index (κ3) is 3.39. The molecule has 0 atom stereocenters. The van der Waals surface area contributed by atoms with Crippen molar-refractivity contribution in [3.8, 4) is 0 Å². The van der Waals surface area contributed by atoms with Gasteiger partial charge in [-0.05, 0) is 57.5 Å². The predicted molar refractivity (Wildman–Crippen MR) is 79.6 cm³/mol. The highest BCUT2D eigenvalue weighted by Gasteiger charge is 2.34. The van der Waals surface area contributed by atoms with Crippen LogP contribution in [0, 0.1) is 5.82 Å². The number of ketones is 1. The van der Waals surface area contributed by atoms with Crippen molar-refractivity contribution in [3.63, 3.8) is 0 Å². The lowest BCUT2D eigenvalue weighted by molar-refractivity contribution is -0.129. The molecule has 1 aliphatic rings. The van der Waals surface area contributed by atoms with E-state index < -0.39 is 11.4 Å². The Bertz CT molecular complexity index is 495. The average Bonchev–Trinajstić information content (AvgIpc) is 2.44. The third-order valence-electron chi connectivity index (χ3n) is 4.18. The zero-order chi connectivity index (χ0) is 14.8. The van der Waals surface area contributed by atoms with E-state index in [2.05, 4.69) is 4.90 Å². The normalized spacial score (nSPS) is 17.2. The molecule has 1 aliphatic heterocycles. The molecule has 20 heavy (non-hydrogen) atoms. The van der Waals surface area contributed by atoms with Crippen molar-refractivity contribution in [3.05, 3.63) is 34.6 Å². The standard InChI is InChI=1S/C16H21ClFNO/c1-16(2,19-8-4-3-5-9-19)15(20)11-12-6-7-14(18)13(17)10-12/h6-7,10H,3-5,8-9,11H2,1-2H3. The van der Waals surface area contributed by atoms with Crippen molar-refractivity contribution in [1.82, 2.24) is 4.90 Å². The molecule has 4 heteroatoms. The molecular formula is C16H21ClFNO. The molecular weight excluding hydrogens is 277 g/mol. The van der Waals surface area contributed by atoms with Crippen LogP contribution < -0.4 is 0 Å². The minimum Gasteiger partial charge on any atom is -0.297 e. The number of likely N-dealkylation sites (tertiary alicyclic amines) is 1. The maximum absolute atomic E-state index is 13.1. The molecule has 0 aromatic heterocycles. The number of nitrogens with zero attached hydrogens (tertiary/aromatic N) is 1. The fourth-order valence-corrected chi connectivity index (χ4v) is 2.88. The first-order chi connectivity index (χ1) is 9.41. The third-order valence-corrected chi connectivity index (χ3v) is 4.47. The van der Waals surface area contributed by atoms with Crippen LogP contribution >= 0.6 is 11.6 Å². The molecule has 0 N–H and O–H groups in total. The van der Waals surface area contributed by atoms with E-state index in [9.17, 15) is 9.18 Å². The van der Waals surface area contributed by atoms with Crippen molar-refractivity contribution in [2.45, 2.75) is 45.1 Å². The predicted octanol–water partition coefficient (Wildman–Crippen LogP) is 3.86. The van der Waals surface area contributed by atoms with Crippen LogP contribution in [0.2, 0.25) is 5.02 Å². The second-order valence-corrected chi connectivity index (χ2v) is 6.36. The largest absolute Gasteiger partial charge is 0.297 e. The fraction of sp³-hybridized carbons (Fsp3) is 0.562. The summed E-state index contributed by atoms with van der Waals surface area (Å²) in [5, 5.41) is 0.0751. The van der Waals surface area contributed by atoms with Crippen LogP contribution in [0.3, 0.4) is 0 Å².